The Kier molecular flexibility index (Phi) is 6.54. The van der Waals surface area contributed by atoms with Crippen LogP contribution in [0.3, 0.4) is 0 Å². The number of hydrogen-bond donors (Lipinski definition) is 3. The number of rotatable bonds is 4. The van der Waals surface area contributed by atoms with Gasteiger partial charge in [-0.05, 0) is 30.4 Å². The summed E-state index contributed by atoms with van der Waals surface area (Å²) in [6.45, 7) is 2.25. The summed E-state index contributed by atoms with van der Waals surface area (Å²) >= 11 is 4.89. The van der Waals surface area contributed by atoms with Crippen LogP contribution in [0.4, 0.5) is 25.4 Å². The first-order valence-electron chi connectivity index (χ1n) is 9.04. The fourth-order valence-electron chi connectivity index (χ4n) is 3.19. The van der Waals surface area contributed by atoms with Crippen LogP contribution in [0, 0.1) is 5.82 Å². The highest BCUT2D eigenvalue weighted by Gasteiger charge is 2.33. The van der Waals surface area contributed by atoms with Gasteiger partial charge in [0.1, 0.15) is 11.9 Å². The molecule has 158 valence electrons. The second kappa shape index (κ2) is 9.09. The number of nitrogens with two attached hydrogens (primary N) is 1. The van der Waals surface area contributed by atoms with Gasteiger partial charge in [-0.2, -0.15) is 0 Å². The normalized spacial score (nSPS) is 19.6. The zero-order chi connectivity index (χ0) is 21.0. The topological polar surface area (TPSA) is 112 Å². The van der Waals surface area contributed by atoms with Gasteiger partial charge in [-0.15, -0.1) is 0 Å². The van der Waals surface area contributed by atoms with Crippen LogP contribution < -0.4 is 26.3 Å². The molecule has 0 spiro atoms. The van der Waals surface area contributed by atoms with E-state index < -0.39 is 24.0 Å². The lowest BCUT2D eigenvalue weighted by Crippen LogP contribution is -2.46. The number of cyclic esters (lactones) is 1. The van der Waals surface area contributed by atoms with Gasteiger partial charge >= 0.3 is 12.1 Å². The van der Waals surface area contributed by atoms with E-state index in [9.17, 15) is 14.0 Å². The Morgan fingerprint density at radius 2 is 2.24 bits per heavy atom. The van der Waals surface area contributed by atoms with Crippen molar-refractivity contribution < 1.29 is 23.5 Å². The molecule has 2 aliphatic heterocycles. The summed E-state index contributed by atoms with van der Waals surface area (Å²) in [7, 11) is 1.44. The summed E-state index contributed by atoms with van der Waals surface area (Å²) in [5.74, 6) is -0.468. The van der Waals surface area contributed by atoms with Crippen LogP contribution in [0.2, 0.25) is 0 Å². The first-order valence-corrected chi connectivity index (χ1v) is 9.45. The summed E-state index contributed by atoms with van der Waals surface area (Å²) < 4.78 is 24.9. The van der Waals surface area contributed by atoms with Gasteiger partial charge in [-0.3, -0.25) is 9.91 Å². The Morgan fingerprint density at radius 1 is 1.45 bits per heavy atom. The fourth-order valence-corrected chi connectivity index (χ4v) is 3.27. The molecule has 1 atom stereocenters. The molecule has 1 aromatic rings. The maximum absolute atomic E-state index is 14.8. The number of thiocarbonyl (C=S) groups is 1. The lowest BCUT2D eigenvalue weighted by Gasteiger charge is -2.24. The number of anilines is 2. The third-order valence-corrected chi connectivity index (χ3v) is 4.97. The summed E-state index contributed by atoms with van der Waals surface area (Å²) in [5, 5.41) is 4.34. The van der Waals surface area contributed by atoms with E-state index in [2.05, 4.69) is 10.7 Å². The Bertz CT molecular complexity index is 797. The number of halogens is 1. The summed E-state index contributed by atoms with van der Waals surface area (Å²) in [4.78, 5) is 26.6. The minimum absolute atomic E-state index is 0.205. The number of carbonyl (C=O) groups excluding carboxylic acids is 2. The Hall–Kier alpha value is -2.86. The van der Waals surface area contributed by atoms with Gasteiger partial charge in [0.25, 0.3) is 5.17 Å². The average molecular weight is 426 g/mol. The number of ether oxygens (including phenoxy) is 2. The molecule has 0 aromatic heterocycles. The van der Waals surface area contributed by atoms with E-state index in [4.69, 9.17) is 27.4 Å². The number of benzene rings is 1. The van der Waals surface area contributed by atoms with Crippen molar-refractivity contribution >= 4 is 40.9 Å². The molecule has 12 heteroatoms. The van der Waals surface area contributed by atoms with Crippen molar-refractivity contribution in [3.8, 4) is 0 Å². The van der Waals surface area contributed by atoms with Crippen LogP contribution in [0.25, 0.3) is 0 Å². The third-order valence-electron chi connectivity index (χ3n) is 4.66. The van der Waals surface area contributed by atoms with Gasteiger partial charge in [0.15, 0.2) is 0 Å². The molecule has 2 heterocycles. The molecule has 0 saturated carbocycles. The highest BCUT2D eigenvalue weighted by molar-refractivity contribution is 7.80. The monoisotopic (exact) mass is 426 g/mol. The van der Waals surface area contributed by atoms with E-state index in [-0.39, 0.29) is 11.7 Å². The number of nitrogens with zero attached hydrogens (tertiary/aromatic N) is 3. The number of amides is 3. The summed E-state index contributed by atoms with van der Waals surface area (Å²) in [6, 6.07) is 4.00. The zero-order valence-corrected chi connectivity index (χ0v) is 16.7. The number of hydrazine groups is 1. The minimum atomic E-state index is -0.578. The molecular formula is C17H23FN6O4S. The molecule has 4 N–H and O–H groups in total. The molecule has 2 saturated heterocycles. The van der Waals surface area contributed by atoms with E-state index in [0.717, 1.165) is 0 Å². The van der Waals surface area contributed by atoms with E-state index >= 15 is 0 Å². The van der Waals surface area contributed by atoms with Crippen molar-refractivity contribution in [3.63, 3.8) is 0 Å². The van der Waals surface area contributed by atoms with Crippen LogP contribution in [0.15, 0.2) is 18.2 Å². The molecule has 1 aromatic carbocycles. The second-order valence-corrected chi connectivity index (χ2v) is 6.88. The highest BCUT2D eigenvalue weighted by atomic mass is 32.1. The second-order valence-electron chi connectivity index (χ2n) is 6.51. The smallest absolute Gasteiger partial charge is 0.414 e. The van der Waals surface area contributed by atoms with Crippen molar-refractivity contribution in [2.75, 3.05) is 56.2 Å². The predicted octanol–water partition coefficient (Wildman–Crippen LogP) is 0.377. The summed E-state index contributed by atoms with van der Waals surface area (Å²) in [6.07, 6.45) is -0.988. The molecule has 3 rings (SSSR count). The molecule has 3 amide bonds. The first-order chi connectivity index (χ1) is 13.9. The number of methoxy groups -OCH3 is 1. The Morgan fingerprint density at radius 3 is 2.93 bits per heavy atom. The quantitative estimate of drug-likeness (QED) is 0.593. The average Bonchev–Trinajstić information content (AvgIpc) is 2.90. The molecule has 0 aliphatic carbocycles. The van der Waals surface area contributed by atoms with Crippen LogP contribution in [0.1, 0.15) is 0 Å². The number of nitrogens with one attached hydrogen (secondary N) is 2. The van der Waals surface area contributed by atoms with E-state index in [0.29, 0.717) is 44.1 Å². The number of urea groups is 1. The minimum Gasteiger partial charge on any atom is -0.474 e. The predicted molar refractivity (Wildman–Crippen MR) is 108 cm³/mol. The number of primary amides is 1. The van der Waals surface area contributed by atoms with Crippen molar-refractivity contribution in [1.29, 1.82) is 0 Å². The van der Waals surface area contributed by atoms with Crippen LogP contribution >= 0.6 is 12.2 Å². The van der Waals surface area contributed by atoms with E-state index in [1.54, 1.807) is 12.1 Å². The van der Waals surface area contributed by atoms with Gasteiger partial charge in [0.05, 0.1) is 38.1 Å². The van der Waals surface area contributed by atoms with Gasteiger partial charge in [-0.1, -0.05) is 0 Å². The fraction of sp³-hybridized carbons (Fsp3) is 0.471. The first kappa shape index (κ1) is 20.9. The van der Waals surface area contributed by atoms with Gasteiger partial charge < -0.3 is 25.4 Å². The summed E-state index contributed by atoms with van der Waals surface area (Å²) in [5.41, 5.74) is 8.96. The van der Waals surface area contributed by atoms with Gasteiger partial charge in [-0.25, -0.2) is 19.4 Å². The van der Waals surface area contributed by atoms with E-state index in [1.807, 2.05) is 4.90 Å². The third kappa shape index (κ3) is 4.95. The molecule has 2 fully saturated rings. The Balaban J connectivity index is 1.65. The van der Waals surface area contributed by atoms with Crippen LogP contribution in [-0.2, 0) is 9.47 Å². The maximum Gasteiger partial charge on any atom is 0.414 e. The van der Waals surface area contributed by atoms with Gasteiger partial charge in [0.2, 0.25) is 0 Å². The molecule has 2 aliphatic rings. The van der Waals surface area contributed by atoms with Gasteiger partial charge in [0, 0.05) is 19.6 Å². The van der Waals surface area contributed by atoms with Crippen molar-refractivity contribution in [3.05, 3.63) is 24.0 Å². The highest BCUT2D eigenvalue weighted by Crippen LogP contribution is 2.28. The molecular weight excluding hydrogens is 403 g/mol. The van der Waals surface area contributed by atoms with Crippen LogP contribution in [0.5, 0.6) is 0 Å². The van der Waals surface area contributed by atoms with Crippen molar-refractivity contribution in [2.24, 2.45) is 5.73 Å². The Labute approximate surface area is 172 Å². The maximum atomic E-state index is 14.8. The molecule has 0 bridgehead atoms. The van der Waals surface area contributed by atoms with Crippen molar-refractivity contribution in [2.45, 2.75) is 6.10 Å². The molecule has 29 heavy (non-hydrogen) atoms. The molecule has 10 nitrogen and oxygen atoms in total. The standard InChI is InChI=1S/C17H23FN6O4S/c1-27-16(29)20-9-12-10-23(17(26)28-12)11-2-3-14(13(18)8-11)22-5-4-21-24(7-6-22)15(19)25/h2-3,8,12,21H,4-7,9-10H2,1H3,(H2,19,25)(H,20,29)/t12-/m0/s1. The zero-order valence-electron chi connectivity index (χ0n) is 15.9. The number of carbonyl (C=O) groups is 2. The molecule has 0 radical (unpaired) electrons. The van der Waals surface area contributed by atoms with Crippen molar-refractivity contribution in [1.82, 2.24) is 15.8 Å². The SMILES string of the molecule is COC(=S)NC[C@H]1CN(c2ccc(N3CCNN(C(N)=O)CC3)c(F)c2)C(=O)O1. The van der Waals surface area contributed by atoms with Crippen LogP contribution in [-0.4, -0.2) is 74.8 Å². The van der Waals surface area contributed by atoms with E-state index in [1.165, 1.54) is 23.1 Å². The largest absolute Gasteiger partial charge is 0.474 e. The lowest BCUT2D eigenvalue weighted by atomic mass is 10.2. The molecule has 0 unspecified atom stereocenters. The lowest BCUT2D eigenvalue weighted by molar-refractivity contribution is 0.142. The number of hydrogen-bond acceptors (Lipinski definition) is 7.